The summed E-state index contributed by atoms with van der Waals surface area (Å²) in [5.41, 5.74) is 7.32. The van der Waals surface area contributed by atoms with Crippen LogP contribution in [-0.2, 0) is 23.0 Å². The summed E-state index contributed by atoms with van der Waals surface area (Å²) >= 11 is 1.40. The topological polar surface area (TPSA) is 114 Å². The summed E-state index contributed by atoms with van der Waals surface area (Å²) in [4.78, 5) is 27.7. The molecule has 8 nitrogen and oxygen atoms in total. The number of quaternary nitrogens is 1. The number of hydrogen-bond donors (Lipinski definition) is 3. The van der Waals surface area contributed by atoms with Gasteiger partial charge in [-0.1, -0.05) is 0 Å². The van der Waals surface area contributed by atoms with Crippen molar-refractivity contribution in [3.63, 3.8) is 0 Å². The zero-order valence-corrected chi connectivity index (χ0v) is 19.9. The number of nitrogens with zero attached hydrogens (tertiary/aromatic N) is 1. The van der Waals surface area contributed by atoms with Crippen molar-refractivity contribution in [3.05, 3.63) is 45.8 Å². The molecule has 2 aromatic rings. The van der Waals surface area contributed by atoms with Gasteiger partial charge in [0.05, 0.1) is 27.9 Å². The molecule has 0 aliphatic carbocycles. The van der Waals surface area contributed by atoms with Crippen LogP contribution in [0.5, 0.6) is 0 Å². The fourth-order valence-electron chi connectivity index (χ4n) is 4.37. The highest BCUT2D eigenvalue weighted by molar-refractivity contribution is 7.89. The van der Waals surface area contributed by atoms with Crippen molar-refractivity contribution in [1.29, 1.82) is 0 Å². The molecule has 0 saturated carbocycles. The molecule has 1 saturated heterocycles. The summed E-state index contributed by atoms with van der Waals surface area (Å²) in [6, 6.07) is 6.39. The third kappa shape index (κ3) is 4.32. The van der Waals surface area contributed by atoms with Gasteiger partial charge >= 0.3 is 0 Å². The maximum absolute atomic E-state index is 12.9. The van der Waals surface area contributed by atoms with Crippen molar-refractivity contribution in [3.8, 4) is 0 Å². The van der Waals surface area contributed by atoms with Crippen molar-refractivity contribution in [1.82, 2.24) is 4.31 Å². The molecular formula is C22H29N4O4S2+. The molecule has 1 aromatic carbocycles. The largest absolute Gasteiger partial charge is 0.365 e. The smallest absolute Gasteiger partial charge is 0.256 e. The fraction of sp³-hybridized carbons (Fsp3) is 0.455. The molecule has 1 fully saturated rings. The van der Waals surface area contributed by atoms with E-state index >= 15 is 0 Å². The molecule has 0 bridgehead atoms. The Morgan fingerprint density at radius 1 is 1.16 bits per heavy atom. The first-order valence-corrected chi connectivity index (χ1v) is 13.1. The molecule has 2 aliphatic heterocycles. The van der Waals surface area contributed by atoms with Crippen LogP contribution in [0.3, 0.4) is 0 Å². The van der Waals surface area contributed by atoms with Gasteiger partial charge < -0.3 is 16.0 Å². The Balaban J connectivity index is 1.55. The minimum atomic E-state index is -3.53. The van der Waals surface area contributed by atoms with Crippen LogP contribution in [0, 0.1) is 0 Å². The van der Waals surface area contributed by atoms with Crippen LogP contribution in [0.25, 0.3) is 0 Å². The summed E-state index contributed by atoms with van der Waals surface area (Å²) in [5, 5.41) is 3.30. The van der Waals surface area contributed by atoms with Gasteiger partial charge in [0, 0.05) is 25.1 Å². The summed E-state index contributed by atoms with van der Waals surface area (Å²) < 4.78 is 26.8. The quantitative estimate of drug-likeness (QED) is 0.581. The number of carbonyl (C=O) groups excluding carboxylic acids is 2. The average Bonchev–Trinajstić information content (AvgIpc) is 3.41. The van der Waals surface area contributed by atoms with Crippen molar-refractivity contribution in [2.45, 2.75) is 50.6 Å². The number of primary amides is 1. The van der Waals surface area contributed by atoms with Crippen molar-refractivity contribution < 1.29 is 22.9 Å². The van der Waals surface area contributed by atoms with Crippen molar-refractivity contribution in [2.24, 2.45) is 5.73 Å². The molecule has 10 heteroatoms. The van der Waals surface area contributed by atoms with Crippen LogP contribution >= 0.6 is 11.3 Å². The zero-order valence-electron chi connectivity index (χ0n) is 18.3. The zero-order chi connectivity index (χ0) is 23.0. The van der Waals surface area contributed by atoms with Crippen molar-refractivity contribution >= 4 is 38.2 Å². The van der Waals surface area contributed by atoms with Gasteiger partial charge in [-0.2, -0.15) is 4.31 Å². The molecular weight excluding hydrogens is 448 g/mol. The van der Waals surface area contributed by atoms with Crippen molar-refractivity contribution in [2.75, 3.05) is 25.0 Å². The SMILES string of the molecule is CC(C)[NH+]1CCc2c(sc(NC(=O)c3ccc(S(=O)(=O)N4CCCC4)cc3)c2C(N)=O)C1. The van der Waals surface area contributed by atoms with E-state index in [1.807, 2.05) is 0 Å². The van der Waals surface area contributed by atoms with Gasteiger partial charge in [0.2, 0.25) is 10.0 Å². The molecule has 32 heavy (non-hydrogen) atoms. The number of nitrogens with two attached hydrogens (primary N) is 1. The molecule has 1 aromatic heterocycles. The van der Waals surface area contributed by atoms with Crippen LogP contribution < -0.4 is 16.0 Å². The number of hydrogen-bond acceptors (Lipinski definition) is 5. The lowest BCUT2D eigenvalue weighted by atomic mass is 10.0. The maximum Gasteiger partial charge on any atom is 0.256 e. The van der Waals surface area contributed by atoms with Crippen LogP contribution in [0.4, 0.5) is 5.00 Å². The Kier molecular flexibility index (Phi) is 6.39. The number of rotatable bonds is 6. The van der Waals surface area contributed by atoms with Crippen LogP contribution in [0.15, 0.2) is 29.2 Å². The molecule has 0 radical (unpaired) electrons. The van der Waals surface area contributed by atoms with Crippen LogP contribution in [-0.4, -0.2) is 50.2 Å². The molecule has 4 N–H and O–H groups in total. The highest BCUT2D eigenvalue weighted by atomic mass is 32.2. The normalized spacial score (nSPS) is 19.2. The van der Waals surface area contributed by atoms with E-state index in [2.05, 4.69) is 19.2 Å². The van der Waals surface area contributed by atoms with E-state index in [9.17, 15) is 18.0 Å². The molecule has 3 heterocycles. The Hall–Kier alpha value is -2.27. The summed E-state index contributed by atoms with van der Waals surface area (Å²) in [6.45, 7) is 7.11. The molecule has 1 unspecified atom stereocenters. The van der Waals surface area contributed by atoms with Gasteiger partial charge in [0.15, 0.2) is 0 Å². The summed E-state index contributed by atoms with van der Waals surface area (Å²) in [7, 11) is -3.53. The number of anilines is 1. The highest BCUT2D eigenvalue weighted by Crippen LogP contribution is 2.35. The lowest BCUT2D eigenvalue weighted by Crippen LogP contribution is -3.14. The molecule has 2 aliphatic rings. The van der Waals surface area contributed by atoms with Gasteiger partial charge in [-0.3, -0.25) is 9.59 Å². The Morgan fingerprint density at radius 3 is 2.41 bits per heavy atom. The second-order valence-electron chi connectivity index (χ2n) is 8.65. The minimum Gasteiger partial charge on any atom is -0.365 e. The highest BCUT2D eigenvalue weighted by Gasteiger charge is 2.31. The standard InChI is InChI=1S/C22H28N4O4S2/c1-14(2)25-12-9-17-18(13-25)31-22(19(17)20(23)27)24-21(28)15-5-7-16(8-6-15)32(29,30)26-10-3-4-11-26/h5-8,14H,3-4,9-13H2,1-2H3,(H2,23,27)(H,24,28)/p+1. The monoisotopic (exact) mass is 477 g/mol. The predicted molar refractivity (Wildman–Crippen MR) is 124 cm³/mol. The van der Waals surface area contributed by atoms with Gasteiger partial charge in [0.1, 0.15) is 11.5 Å². The molecule has 2 amide bonds. The lowest BCUT2D eigenvalue weighted by Gasteiger charge is -2.27. The number of amides is 2. The van der Waals surface area contributed by atoms with Gasteiger partial charge in [0.25, 0.3) is 11.8 Å². The number of sulfonamides is 1. The number of fused-ring (bicyclic) bond motifs is 1. The third-order valence-electron chi connectivity index (χ3n) is 6.28. The van der Waals surface area contributed by atoms with E-state index in [0.717, 1.165) is 42.8 Å². The average molecular weight is 478 g/mol. The number of benzene rings is 1. The number of thiophene rings is 1. The Morgan fingerprint density at radius 2 is 1.81 bits per heavy atom. The number of nitrogens with one attached hydrogen (secondary N) is 2. The van der Waals surface area contributed by atoms with E-state index in [1.165, 1.54) is 44.8 Å². The van der Waals surface area contributed by atoms with E-state index in [-0.39, 0.29) is 4.90 Å². The third-order valence-corrected chi connectivity index (χ3v) is 9.34. The van der Waals surface area contributed by atoms with E-state index in [0.29, 0.717) is 35.3 Å². The minimum absolute atomic E-state index is 0.178. The fourth-order valence-corrected chi connectivity index (χ4v) is 7.19. The predicted octanol–water partition coefficient (Wildman–Crippen LogP) is 1.23. The Labute approximate surface area is 192 Å². The first kappa shape index (κ1) is 22.9. The summed E-state index contributed by atoms with van der Waals surface area (Å²) in [6.07, 6.45) is 2.48. The summed E-state index contributed by atoms with van der Waals surface area (Å²) in [5.74, 6) is -0.942. The first-order chi connectivity index (χ1) is 15.2. The van der Waals surface area contributed by atoms with Crippen LogP contribution in [0.2, 0.25) is 0 Å². The number of carbonyl (C=O) groups is 2. The first-order valence-electron chi connectivity index (χ1n) is 10.9. The van der Waals surface area contributed by atoms with Gasteiger partial charge in [-0.25, -0.2) is 8.42 Å². The molecule has 172 valence electrons. The molecule has 0 spiro atoms. The second kappa shape index (κ2) is 8.93. The maximum atomic E-state index is 12.9. The van der Waals surface area contributed by atoms with Gasteiger partial charge in [-0.15, -0.1) is 11.3 Å². The molecule has 4 rings (SSSR count). The van der Waals surface area contributed by atoms with E-state index in [4.69, 9.17) is 5.73 Å². The lowest BCUT2D eigenvalue weighted by molar-refractivity contribution is -0.936. The van der Waals surface area contributed by atoms with E-state index in [1.54, 1.807) is 0 Å². The molecule has 1 atom stereocenters. The Bertz CT molecular complexity index is 1130. The second-order valence-corrected chi connectivity index (χ2v) is 11.7. The van der Waals surface area contributed by atoms with Gasteiger partial charge in [-0.05, 0) is 56.5 Å². The van der Waals surface area contributed by atoms with Crippen LogP contribution in [0.1, 0.15) is 57.8 Å². The van der Waals surface area contributed by atoms with E-state index < -0.39 is 21.8 Å².